The van der Waals surface area contributed by atoms with Crippen LogP contribution in [0.25, 0.3) is 0 Å². The molecule has 0 aliphatic rings. The Bertz CT molecular complexity index is 970. The predicted octanol–water partition coefficient (Wildman–Crippen LogP) is 4.65. The monoisotopic (exact) mass is 393 g/mol. The number of carbonyl (C=O) groups excluding carboxylic acids is 2. The van der Waals surface area contributed by atoms with Crippen LogP contribution in [0.4, 0.5) is 11.5 Å². The molecule has 0 atom stereocenters. The topological polar surface area (TPSA) is 71.1 Å². The molecule has 1 heterocycles. The zero-order valence-corrected chi connectivity index (χ0v) is 16.2. The van der Waals surface area contributed by atoms with Crippen LogP contribution in [0.3, 0.4) is 0 Å². The summed E-state index contributed by atoms with van der Waals surface area (Å²) in [4.78, 5) is 28.0. The quantitative estimate of drug-likeness (QED) is 0.573. The number of halogens is 1. The maximum absolute atomic E-state index is 12.4. The predicted molar refractivity (Wildman–Crippen MR) is 111 cm³/mol. The second-order valence-electron chi connectivity index (χ2n) is 6.32. The number of anilines is 2. The van der Waals surface area contributed by atoms with Gasteiger partial charge >= 0.3 is 0 Å². The number of pyridine rings is 1. The third-order valence-corrected chi connectivity index (χ3v) is 4.45. The number of Topliss-reactive ketones (excluding diaryl/α,β-unsaturated/α-hetero) is 1. The standard InChI is InChI=1S/C22H20ClN3O2/c1-15(27)17-4-8-20(9-5-17)26-21-14-18(11-13-24-21)22(28)25-12-10-16-2-6-19(23)7-3-16/h2-9,11,13-14H,10,12H2,1H3,(H,24,26)(H,25,28). The summed E-state index contributed by atoms with van der Waals surface area (Å²) in [7, 11) is 0. The third-order valence-electron chi connectivity index (χ3n) is 4.20. The van der Waals surface area contributed by atoms with Crippen LogP contribution in [0, 0.1) is 0 Å². The molecule has 5 nitrogen and oxygen atoms in total. The van der Waals surface area contributed by atoms with Crippen LogP contribution in [0.15, 0.2) is 66.9 Å². The van der Waals surface area contributed by atoms with Gasteiger partial charge in [0.05, 0.1) is 0 Å². The molecule has 28 heavy (non-hydrogen) atoms. The Morgan fingerprint density at radius 1 is 0.964 bits per heavy atom. The van der Waals surface area contributed by atoms with Gasteiger partial charge in [0.25, 0.3) is 5.91 Å². The van der Waals surface area contributed by atoms with Gasteiger partial charge in [-0.05, 0) is 67.4 Å². The lowest BCUT2D eigenvalue weighted by atomic mass is 10.1. The first-order valence-electron chi connectivity index (χ1n) is 8.88. The maximum Gasteiger partial charge on any atom is 0.251 e. The zero-order valence-electron chi connectivity index (χ0n) is 15.4. The van der Waals surface area contributed by atoms with Crippen molar-refractivity contribution in [2.75, 3.05) is 11.9 Å². The molecule has 2 aromatic carbocycles. The SMILES string of the molecule is CC(=O)c1ccc(Nc2cc(C(=O)NCCc3ccc(Cl)cc3)ccn2)cc1. The molecule has 2 N–H and O–H groups in total. The molecule has 0 saturated heterocycles. The van der Waals surface area contributed by atoms with E-state index in [1.54, 1.807) is 42.6 Å². The average Bonchev–Trinajstić information content (AvgIpc) is 2.70. The fourth-order valence-corrected chi connectivity index (χ4v) is 2.78. The van der Waals surface area contributed by atoms with Crippen LogP contribution in [0.5, 0.6) is 0 Å². The van der Waals surface area contributed by atoms with Crippen molar-refractivity contribution < 1.29 is 9.59 Å². The van der Waals surface area contributed by atoms with Gasteiger partial charge in [-0.1, -0.05) is 23.7 Å². The lowest BCUT2D eigenvalue weighted by Crippen LogP contribution is -2.25. The molecule has 0 aliphatic carbocycles. The number of ketones is 1. The normalized spacial score (nSPS) is 10.4. The summed E-state index contributed by atoms with van der Waals surface area (Å²) in [6.07, 6.45) is 2.31. The van der Waals surface area contributed by atoms with Gasteiger partial charge in [0.15, 0.2) is 5.78 Å². The molecule has 0 aliphatic heterocycles. The Labute approximate surface area is 168 Å². The van der Waals surface area contributed by atoms with Crippen LogP contribution in [-0.2, 0) is 6.42 Å². The fourth-order valence-electron chi connectivity index (χ4n) is 2.65. The summed E-state index contributed by atoms with van der Waals surface area (Å²) in [5.41, 5.74) is 3.06. The molecule has 142 valence electrons. The third kappa shape index (κ3) is 5.41. The van der Waals surface area contributed by atoms with Crippen LogP contribution in [0.2, 0.25) is 5.02 Å². The molecule has 0 saturated carbocycles. The Kier molecular flexibility index (Phi) is 6.40. The number of hydrogen-bond acceptors (Lipinski definition) is 4. The number of amides is 1. The molecule has 1 amide bonds. The van der Waals surface area contributed by atoms with E-state index in [1.165, 1.54) is 6.92 Å². The summed E-state index contributed by atoms with van der Waals surface area (Å²) in [5.74, 6) is 0.411. The Morgan fingerprint density at radius 3 is 2.36 bits per heavy atom. The van der Waals surface area contributed by atoms with Gasteiger partial charge in [-0.15, -0.1) is 0 Å². The minimum absolute atomic E-state index is 0.0157. The molecule has 0 unspecified atom stereocenters. The van der Waals surface area contributed by atoms with Crippen LogP contribution >= 0.6 is 11.6 Å². The van der Waals surface area contributed by atoms with Crippen molar-refractivity contribution in [1.29, 1.82) is 0 Å². The second-order valence-corrected chi connectivity index (χ2v) is 6.76. The van der Waals surface area contributed by atoms with Crippen molar-refractivity contribution in [3.05, 3.63) is 88.6 Å². The number of aromatic nitrogens is 1. The molecule has 0 bridgehead atoms. The van der Waals surface area contributed by atoms with E-state index >= 15 is 0 Å². The van der Waals surface area contributed by atoms with E-state index in [1.807, 2.05) is 24.3 Å². The number of nitrogens with one attached hydrogen (secondary N) is 2. The minimum atomic E-state index is -0.161. The van der Waals surface area contributed by atoms with Gasteiger partial charge in [-0.25, -0.2) is 4.98 Å². The lowest BCUT2D eigenvalue weighted by Gasteiger charge is -2.09. The Morgan fingerprint density at radius 2 is 1.68 bits per heavy atom. The molecule has 3 aromatic rings. The Hall–Kier alpha value is -3.18. The van der Waals surface area contributed by atoms with E-state index in [-0.39, 0.29) is 11.7 Å². The van der Waals surface area contributed by atoms with Crippen molar-refractivity contribution in [2.24, 2.45) is 0 Å². The van der Waals surface area contributed by atoms with E-state index in [9.17, 15) is 9.59 Å². The zero-order chi connectivity index (χ0) is 19.9. The van der Waals surface area contributed by atoms with Crippen molar-refractivity contribution in [3.63, 3.8) is 0 Å². The van der Waals surface area contributed by atoms with Gasteiger partial charge in [0, 0.05) is 34.6 Å². The van der Waals surface area contributed by atoms with Crippen molar-refractivity contribution in [3.8, 4) is 0 Å². The van der Waals surface area contributed by atoms with Gasteiger partial charge in [-0.3, -0.25) is 9.59 Å². The first-order valence-corrected chi connectivity index (χ1v) is 9.26. The average molecular weight is 394 g/mol. The van der Waals surface area contributed by atoms with E-state index in [2.05, 4.69) is 15.6 Å². The summed E-state index contributed by atoms with van der Waals surface area (Å²) >= 11 is 5.87. The van der Waals surface area contributed by atoms with Crippen molar-refractivity contribution in [1.82, 2.24) is 10.3 Å². The van der Waals surface area contributed by atoms with E-state index in [0.717, 1.165) is 17.7 Å². The molecule has 1 aromatic heterocycles. The Balaban J connectivity index is 1.58. The number of rotatable bonds is 7. The van der Waals surface area contributed by atoms with Gasteiger partial charge in [0.2, 0.25) is 0 Å². The summed E-state index contributed by atoms with van der Waals surface area (Å²) in [6, 6.07) is 18.0. The maximum atomic E-state index is 12.4. The second kappa shape index (κ2) is 9.15. The van der Waals surface area contributed by atoms with E-state index in [4.69, 9.17) is 11.6 Å². The molecule has 3 rings (SSSR count). The van der Waals surface area contributed by atoms with E-state index in [0.29, 0.717) is 28.5 Å². The van der Waals surface area contributed by atoms with Gasteiger partial charge < -0.3 is 10.6 Å². The smallest absolute Gasteiger partial charge is 0.251 e. The first kappa shape index (κ1) is 19.6. The number of carbonyl (C=O) groups is 2. The number of nitrogens with zero attached hydrogens (tertiary/aromatic N) is 1. The molecule has 0 fully saturated rings. The van der Waals surface area contributed by atoms with E-state index < -0.39 is 0 Å². The van der Waals surface area contributed by atoms with Crippen LogP contribution in [0.1, 0.15) is 33.2 Å². The fraction of sp³-hybridized carbons (Fsp3) is 0.136. The summed E-state index contributed by atoms with van der Waals surface area (Å²) < 4.78 is 0. The van der Waals surface area contributed by atoms with Crippen LogP contribution in [-0.4, -0.2) is 23.2 Å². The molecule has 6 heteroatoms. The molecular formula is C22H20ClN3O2. The van der Waals surface area contributed by atoms with Gasteiger partial charge in [-0.2, -0.15) is 0 Å². The molecule has 0 radical (unpaired) electrons. The highest BCUT2D eigenvalue weighted by Crippen LogP contribution is 2.16. The lowest BCUT2D eigenvalue weighted by molar-refractivity contribution is 0.0953. The van der Waals surface area contributed by atoms with Crippen LogP contribution < -0.4 is 10.6 Å². The summed E-state index contributed by atoms with van der Waals surface area (Å²) in [5, 5.41) is 6.74. The van der Waals surface area contributed by atoms with Crippen molar-refractivity contribution in [2.45, 2.75) is 13.3 Å². The molecular weight excluding hydrogens is 374 g/mol. The first-order chi connectivity index (χ1) is 13.5. The highest BCUT2D eigenvalue weighted by atomic mass is 35.5. The summed E-state index contributed by atoms with van der Waals surface area (Å²) in [6.45, 7) is 2.05. The molecule has 0 spiro atoms. The number of hydrogen-bond donors (Lipinski definition) is 2. The minimum Gasteiger partial charge on any atom is -0.352 e. The highest BCUT2D eigenvalue weighted by Gasteiger charge is 2.07. The number of benzene rings is 2. The van der Waals surface area contributed by atoms with Crippen molar-refractivity contribution >= 4 is 34.8 Å². The highest BCUT2D eigenvalue weighted by molar-refractivity contribution is 6.30. The largest absolute Gasteiger partial charge is 0.352 e. The van der Waals surface area contributed by atoms with Gasteiger partial charge in [0.1, 0.15) is 5.82 Å².